The molecule has 0 amide bonds. The zero-order chi connectivity index (χ0) is 14.0. The highest BCUT2D eigenvalue weighted by Crippen LogP contribution is 2.30. The fourth-order valence-corrected chi connectivity index (χ4v) is 2.08. The van der Waals surface area contributed by atoms with Gasteiger partial charge in [-0.15, -0.1) is 0 Å². The first-order chi connectivity index (χ1) is 8.95. The maximum absolute atomic E-state index is 13.8. The van der Waals surface area contributed by atoms with Crippen LogP contribution in [0.15, 0.2) is 36.4 Å². The quantitative estimate of drug-likeness (QED) is 0.866. The number of rotatable bonds is 3. The van der Waals surface area contributed by atoms with E-state index < -0.39 is 11.9 Å². The normalized spacial score (nSPS) is 12.3. The fraction of sp³-hybridized carbons (Fsp3) is 0.143. The molecular weight excluding hydrogens is 290 g/mol. The summed E-state index contributed by atoms with van der Waals surface area (Å²) in [6, 6.07) is 8.90. The molecule has 2 aromatic rings. The first kappa shape index (κ1) is 14.1. The minimum Gasteiger partial charge on any atom is -0.454 e. The summed E-state index contributed by atoms with van der Waals surface area (Å²) in [7, 11) is 0. The van der Waals surface area contributed by atoms with Gasteiger partial charge in [-0.3, -0.25) is 0 Å². The molecule has 0 bridgehead atoms. The molecule has 0 aliphatic heterocycles. The first-order valence-corrected chi connectivity index (χ1v) is 6.33. The molecule has 19 heavy (non-hydrogen) atoms. The number of ether oxygens (including phenoxy) is 1. The minimum atomic E-state index is -0.732. The second-order valence-corrected chi connectivity index (χ2v) is 4.95. The van der Waals surface area contributed by atoms with E-state index in [1.807, 2.05) is 0 Å². The third-order valence-corrected chi connectivity index (χ3v) is 2.94. The van der Waals surface area contributed by atoms with Gasteiger partial charge in [-0.25, -0.2) is 4.39 Å². The molecule has 0 radical (unpaired) electrons. The smallest absolute Gasteiger partial charge is 0.166 e. The predicted molar refractivity (Wildman–Crippen MR) is 73.6 cm³/mol. The van der Waals surface area contributed by atoms with Crippen molar-refractivity contribution in [3.63, 3.8) is 0 Å². The summed E-state index contributed by atoms with van der Waals surface area (Å²) in [5.74, 6) is -0.168. The van der Waals surface area contributed by atoms with Crippen LogP contribution in [0.5, 0.6) is 11.5 Å². The minimum absolute atomic E-state index is 0.0442. The Bertz CT molecular complexity index is 580. The molecule has 0 aliphatic carbocycles. The third-order valence-electron chi connectivity index (χ3n) is 2.50. The monoisotopic (exact) mass is 300 g/mol. The van der Waals surface area contributed by atoms with Crippen molar-refractivity contribution in [3.05, 3.63) is 57.8 Å². The van der Waals surface area contributed by atoms with Crippen LogP contribution in [0, 0.1) is 5.82 Å². The van der Waals surface area contributed by atoms with Crippen molar-refractivity contribution in [2.24, 2.45) is 0 Å². The van der Waals surface area contributed by atoms with Crippen LogP contribution in [0.2, 0.25) is 10.0 Å². The van der Waals surface area contributed by atoms with E-state index in [1.165, 1.54) is 24.3 Å². The average Bonchev–Trinajstić information content (AvgIpc) is 2.30. The number of aliphatic hydroxyl groups is 1. The number of aliphatic hydroxyl groups excluding tert-OH is 1. The molecule has 0 aromatic heterocycles. The summed E-state index contributed by atoms with van der Waals surface area (Å²) >= 11 is 11.7. The zero-order valence-corrected chi connectivity index (χ0v) is 11.5. The molecule has 1 N–H and O–H groups in total. The summed E-state index contributed by atoms with van der Waals surface area (Å²) in [4.78, 5) is 0. The lowest BCUT2D eigenvalue weighted by Crippen LogP contribution is -1.94. The SMILES string of the molecule is CC(O)c1ccc(Oc2cc(Cl)cc(Cl)c2)c(F)c1. The van der Waals surface area contributed by atoms with E-state index in [1.54, 1.807) is 19.1 Å². The van der Waals surface area contributed by atoms with Crippen molar-refractivity contribution in [1.29, 1.82) is 0 Å². The lowest BCUT2D eigenvalue weighted by molar-refractivity contribution is 0.198. The Labute approximate surface area is 120 Å². The Kier molecular flexibility index (Phi) is 4.30. The molecule has 0 aliphatic rings. The van der Waals surface area contributed by atoms with Gasteiger partial charge < -0.3 is 9.84 Å². The lowest BCUT2D eigenvalue weighted by Gasteiger charge is -2.10. The van der Waals surface area contributed by atoms with Crippen LogP contribution in [0.3, 0.4) is 0 Å². The Morgan fingerprint density at radius 2 is 1.74 bits per heavy atom. The average molecular weight is 301 g/mol. The maximum Gasteiger partial charge on any atom is 0.166 e. The van der Waals surface area contributed by atoms with Gasteiger partial charge in [0.15, 0.2) is 11.6 Å². The maximum atomic E-state index is 13.8. The van der Waals surface area contributed by atoms with Crippen LogP contribution in [0.4, 0.5) is 4.39 Å². The van der Waals surface area contributed by atoms with Gasteiger partial charge in [-0.2, -0.15) is 0 Å². The van der Waals surface area contributed by atoms with Crippen LogP contribution < -0.4 is 4.74 Å². The molecule has 0 saturated carbocycles. The molecule has 0 spiro atoms. The molecule has 0 fully saturated rings. The van der Waals surface area contributed by atoms with Crippen LogP contribution in [0.25, 0.3) is 0 Å². The van der Waals surface area contributed by atoms with Gasteiger partial charge in [0, 0.05) is 10.0 Å². The molecule has 1 atom stereocenters. The first-order valence-electron chi connectivity index (χ1n) is 5.57. The molecule has 2 aromatic carbocycles. The Hall–Kier alpha value is -1.29. The van der Waals surface area contributed by atoms with Crippen molar-refractivity contribution in [3.8, 4) is 11.5 Å². The highest BCUT2D eigenvalue weighted by molar-refractivity contribution is 6.34. The number of hydrogen-bond acceptors (Lipinski definition) is 2. The molecule has 0 heterocycles. The van der Waals surface area contributed by atoms with E-state index in [9.17, 15) is 9.50 Å². The predicted octanol–water partition coefficient (Wildman–Crippen LogP) is 4.98. The largest absolute Gasteiger partial charge is 0.454 e. The van der Waals surface area contributed by atoms with Gasteiger partial charge in [-0.1, -0.05) is 29.3 Å². The Balaban J connectivity index is 2.28. The van der Waals surface area contributed by atoms with Crippen molar-refractivity contribution >= 4 is 23.2 Å². The number of hydrogen-bond donors (Lipinski definition) is 1. The molecular formula is C14H11Cl2FO2. The van der Waals surface area contributed by atoms with Crippen molar-refractivity contribution in [2.45, 2.75) is 13.0 Å². The molecule has 5 heteroatoms. The number of halogens is 3. The summed E-state index contributed by atoms with van der Waals surface area (Å²) in [6.45, 7) is 1.56. The van der Waals surface area contributed by atoms with E-state index in [4.69, 9.17) is 27.9 Å². The van der Waals surface area contributed by atoms with Gasteiger partial charge in [0.05, 0.1) is 6.10 Å². The van der Waals surface area contributed by atoms with Crippen molar-refractivity contribution in [1.82, 2.24) is 0 Å². The standard InChI is InChI=1S/C14H11Cl2FO2/c1-8(18)9-2-3-14(13(17)4-9)19-12-6-10(15)5-11(16)7-12/h2-8,18H,1H3. The van der Waals surface area contributed by atoms with Gasteiger partial charge in [0.25, 0.3) is 0 Å². The number of benzene rings is 2. The van der Waals surface area contributed by atoms with Crippen LogP contribution in [0.1, 0.15) is 18.6 Å². The Morgan fingerprint density at radius 1 is 1.11 bits per heavy atom. The summed E-state index contributed by atoms with van der Waals surface area (Å²) < 4.78 is 19.2. The van der Waals surface area contributed by atoms with E-state index in [-0.39, 0.29) is 5.75 Å². The fourth-order valence-electron chi connectivity index (χ4n) is 1.57. The van der Waals surface area contributed by atoms with E-state index >= 15 is 0 Å². The highest BCUT2D eigenvalue weighted by atomic mass is 35.5. The highest BCUT2D eigenvalue weighted by Gasteiger charge is 2.09. The Morgan fingerprint density at radius 3 is 2.26 bits per heavy atom. The third kappa shape index (κ3) is 3.60. The lowest BCUT2D eigenvalue weighted by atomic mass is 10.1. The van der Waals surface area contributed by atoms with E-state index in [2.05, 4.69) is 0 Å². The van der Waals surface area contributed by atoms with Gasteiger partial charge in [0.2, 0.25) is 0 Å². The second kappa shape index (κ2) is 5.78. The topological polar surface area (TPSA) is 29.5 Å². The zero-order valence-electron chi connectivity index (χ0n) is 10.0. The molecule has 2 nitrogen and oxygen atoms in total. The van der Waals surface area contributed by atoms with Gasteiger partial charge in [0.1, 0.15) is 5.75 Å². The van der Waals surface area contributed by atoms with Crippen LogP contribution in [-0.2, 0) is 0 Å². The molecule has 1 unspecified atom stereocenters. The van der Waals surface area contributed by atoms with Gasteiger partial charge >= 0.3 is 0 Å². The van der Waals surface area contributed by atoms with E-state index in [0.29, 0.717) is 21.4 Å². The summed E-state index contributed by atoms with van der Waals surface area (Å²) in [5.41, 5.74) is 0.481. The van der Waals surface area contributed by atoms with Crippen molar-refractivity contribution in [2.75, 3.05) is 0 Å². The van der Waals surface area contributed by atoms with Crippen molar-refractivity contribution < 1.29 is 14.2 Å². The molecule has 100 valence electrons. The van der Waals surface area contributed by atoms with E-state index in [0.717, 1.165) is 0 Å². The van der Waals surface area contributed by atoms with Crippen LogP contribution in [-0.4, -0.2) is 5.11 Å². The molecule has 0 saturated heterocycles. The summed E-state index contributed by atoms with van der Waals surface area (Å²) in [5, 5.41) is 10.2. The van der Waals surface area contributed by atoms with Gasteiger partial charge in [-0.05, 0) is 42.8 Å². The second-order valence-electron chi connectivity index (χ2n) is 4.07. The summed E-state index contributed by atoms with van der Waals surface area (Å²) in [6.07, 6.45) is -0.732. The molecule has 2 rings (SSSR count). The van der Waals surface area contributed by atoms with Crippen LogP contribution >= 0.6 is 23.2 Å².